The predicted octanol–water partition coefficient (Wildman–Crippen LogP) is 4.02. The van der Waals surface area contributed by atoms with E-state index in [-0.39, 0.29) is 11.8 Å². The van der Waals surface area contributed by atoms with Crippen molar-refractivity contribution in [3.63, 3.8) is 0 Å². The van der Waals surface area contributed by atoms with Gasteiger partial charge in [-0.1, -0.05) is 47.5 Å². The van der Waals surface area contributed by atoms with Crippen molar-refractivity contribution in [2.45, 2.75) is 26.7 Å². The number of hydrogen-bond donors (Lipinski definition) is 1. The smallest absolute Gasteiger partial charge is 0.229 e. The molecule has 2 N–H and O–H groups in total. The second-order valence-electron chi connectivity index (χ2n) is 6.89. The highest BCUT2D eigenvalue weighted by Crippen LogP contribution is 2.44. The summed E-state index contributed by atoms with van der Waals surface area (Å²) in [5, 5.41) is 14.4. The van der Waals surface area contributed by atoms with Crippen LogP contribution in [0.3, 0.4) is 0 Å². The van der Waals surface area contributed by atoms with Gasteiger partial charge in [-0.05, 0) is 38.5 Å². The minimum Gasteiger partial charge on any atom is -0.422 e. The topological polar surface area (TPSA) is 76.9 Å². The fraction of sp³-hybridized carbons (Fsp3) is 0.182. The molecular weight excluding hydrogens is 336 g/mol. The molecule has 0 unspecified atom stereocenters. The van der Waals surface area contributed by atoms with Crippen LogP contribution in [0.2, 0.25) is 0 Å². The van der Waals surface area contributed by atoms with E-state index in [4.69, 9.17) is 10.5 Å². The largest absolute Gasteiger partial charge is 0.422 e. The number of allylic oxidation sites excluding steroid dienone is 1. The lowest BCUT2D eigenvalue weighted by molar-refractivity contribution is 0.367. The van der Waals surface area contributed by atoms with Gasteiger partial charge in [0.1, 0.15) is 11.6 Å². The molecule has 2 aromatic carbocycles. The lowest BCUT2D eigenvalue weighted by atomic mass is 9.84. The van der Waals surface area contributed by atoms with E-state index in [0.29, 0.717) is 11.5 Å². The van der Waals surface area contributed by atoms with Crippen LogP contribution in [0.25, 0.3) is 5.69 Å². The molecule has 0 saturated heterocycles. The third-order valence-electron chi connectivity index (χ3n) is 4.92. The predicted molar refractivity (Wildman–Crippen MR) is 104 cm³/mol. The normalized spacial score (nSPS) is 15.9. The van der Waals surface area contributed by atoms with Crippen molar-refractivity contribution in [3.8, 4) is 17.6 Å². The number of aryl methyl sites for hydroxylation is 3. The molecule has 1 aliphatic heterocycles. The Morgan fingerprint density at radius 1 is 1.00 bits per heavy atom. The maximum atomic E-state index is 9.72. The third kappa shape index (κ3) is 2.76. The Labute approximate surface area is 158 Å². The first-order valence-corrected chi connectivity index (χ1v) is 8.80. The molecule has 0 spiro atoms. The van der Waals surface area contributed by atoms with E-state index >= 15 is 0 Å². The van der Waals surface area contributed by atoms with Crippen molar-refractivity contribution in [2.75, 3.05) is 0 Å². The minimum atomic E-state index is -0.293. The molecule has 5 heteroatoms. The van der Waals surface area contributed by atoms with Gasteiger partial charge in [-0.15, -0.1) is 0 Å². The van der Waals surface area contributed by atoms with E-state index in [1.54, 1.807) is 4.68 Å². The maximum absolute atomic E-state index is 9.72. The number of benzene rings is 2. The molecule has 0 amide bonds. The first-order chi connectivity index (χ1) is 13.0. The highest BCUT2D eigenvalue weighted by atomic mass is 16.5. The summed E-state index contributed by atoms with van der Waals surface area (Å²) in [5.41, 5.74) is 12.5. The molecule has 3 aromatic rings. The molecule has 4 rings (SSSR count). The first kappa shape index (κ1) is 16.9. The molecule has 0 radical (unpaired) electrons. The van der Waals surface area contributed by atoms with Crippen molar-refractivity contribution in [2.24, 2.45) is 5.73 Å². The van der Waals surface area contributed by atoms with E-state index in [0.717, 1.165) is 28.1 Å². The molecule has 0 bridgehead atoms. The number of ether oxygens (including phenoxy) is 1. The molecule has 1 atom stereocenters. The van der Waals surface area contributed by atoms with Gasteiger partial charge in [0.25, 0.3) is 0 Å². The number of nitrogens with zero attached hydrogens (tertiary/aromatic N) is 3. The highest BCUT2D eigenvalue weighted by Gasteiger charge is 2.36. The van der Waals surface area contributed by atoms with Crippen LogP contribution in [0.4, 0.5) is 0 Å². The average Bonchev–Trinajstić information content (AvgIpc) is 2.98. The first-order valence-electron chi connectivity index (χ1n) is 8.80. The Morgan fingerprint density at radius 3 is 2.19 bits per heavy atom. The lowest BCUT2D eigenvalue weighted by Gasteiger charge is -2.25. The van der Waals surface area contributed by atoms with E-state index < -0.39 is 0 Å². The van der Waals surface area contributed by atoms with E-state index in [9.17, 15) is 5.26 Å². The van der Waals surface area contributed by atoms with Crippen LogP contribution in [0.5, 0.6) is 5.88 Å². The quantitative estimate of drug-likeness (QED) is 0.752. The van der Waals surface area contributed by atoms with Crippen LogP contribution < -0.4 is 10.5 Å². The molecule has 134 valence electrons. The van der Waals surface area contributed by atoms with Crippen LogP contribution in [0.1, 0.15) is 33.9 Å². The van der Waals surface area contributed by atoms with E-state index in [1.165, 1.54) is 5.56 Å². The van der Waals surface area contributed by atoms with Crippen molar-refractivity contribution >= 4 is 0 Å². The number of rotatable bonds is 2. The Kier molecular flexibility index (Phi) is 3.97. The number of hydrogen-bond acceptors (Lipinski definition) is 4. The van der Waals surface area contributed by atoms with E-state index in [2.05, 4.69) is 11.2 Å². The maximum Gasteiger partial charge on any atom is 0.229 e. The van der Waals surface area contributed by atoms with Gasteiger partial charge < -0.3 is 10.5 Å². The van der Waals surface area contributed by atoms with Gasteiger partial charge in [0, 0.05) is 0 Å². The van der Waals surface area contributed by atoms with Crippen LogP contribution in [0.15, 0.2) is 60.0 Å². The number of nitrogens with two attached hydrogens (primary N) is 1. The zero-order valence-corrected chi connectivity index (χ0v) is 15.5. The van der Waals surface area contributed by atoms with Gasteiger partial charge in [-0.3, -0.25) is 0 Å². The second kappa shape index (κ2) is 6.33. The Balaban J connectivity index is 1.93. The molecule has 0 fully saturated rings. The highest BCUT2D eigenvalue weighted by molar-refractivity contribution is 5.57. The standard InChI is InChI=1S/C22H20N4O/c1-13-4-8-16(9-5-13)20-18(12-23)21(24)27-22-19(20)15(3)25-26(22)17-10-6-14(2)7-11-17/h4-11,20H,24H2,1-3H3/t20-/m0/s1. The SMILES string of the molecule is Cc1ccc([C@H]2C(C#N)=C(N)Oc3c2c(C)nn3-c2ccc(C)cc2)cc1. The fourth-order valence-corrected chi connectivity index (χ4v) is 3.47. The lowest BCUT2D eigenvalue weighted by Crippen LogP contribution is -2.22. The molecule has 1 aliphatic rings. The summed E-state index contributed by atoms with van der Waals surface area (Å²) < 4.78 is 7.64. The zero-order valence-electron chi connectivity index (χ0n) is 15.5. The molecule has 5 nitrogen and oxygen atoms in total. The Morgan fingerprint density at radius 2 is 1.59 bits per heavy atom. The molecule has 0 saturated carbocycles. The van der Waals surface area contributed by atoms with Crippen molar-refractivity contribution < 1.29 is 4.74 Å². The summed E-state index contributed by atoms with van der Waals surface area (Å²) in [6.07, 6.45) is 0. The summed E-state index contributed by atoms with van der Waals surface area (Å²) in [5.74, 6) is 0.404. The van der Waals surface area contributed by atoms with Gasteiger partial charge >= 0.3 is 0 Å². The monoisotopic (exact) mass is 356 g/mol. The number of aromatic nitrogens is 2. The molecule has 2 heterocycles. The van der Waals surface area contributed by atoms with Gasteiger partial charge in [-0.25, -0.2) is 4.68 Å². The fourth-order valence-electron chi connectivity index (χ4n) is 3.47. The number of nitriles is 1. The van der Waals surface area contributed by atoms with Gasteiger partial charge in [0.05, 0.1) is 22.9 Å². The van der Waals surface area contributed by atoms with Gasteiger partial charge in [-0.2, -0.15) is 10.4 Å². The van der Waals surface area contributed by atoms with Crippen LogP contribution in [0, 0.1) is 32.1 Å². The molecule has 1 aromatic heterocycles. The van der Waals surface area contributed by atoms with Crippen molar-refractivity contribution in [3.05, 3.63) is 87.9 Å². The summed E-state index contributed by atoms with van der Waals surface area (Å²) in [6.45, 7) is 6.01. The minimum absolute atomic E-state index is 0.129. The number of fused-ring (bicyclic) bond motifs is 1. The van der Waals surface area contributed by atoms with Crippen molar-refractivity contribution in [1.82, 2.24) is 9.78 Å². The summed E-state index contributed by atoms with van der Waals surface area (Å²) in [6, 6.07) is 18.4. The zero-order chi connectivity index (χ0) is 19.1. The Hall–Kier alpha value is -3.52. The van der Waals surface area contributed by atoms with Crippen molar-refractivity contribution in [1.29, 1.82) is 5.26 Å². The summed E-state index contributed by atoms with van der Waals surface area (Å²) in [7, 11) is 0. The second-order valence-corrected chi connectivity index (χ2v) is 6.89. The van der Waals surface area contributed by atoms with Crippen LogP contribution in [-0.4, -0.2) is 9.78 Å². The Bertz CT molecular complexity index is 1080. The summed E-state index contributed by atoms with van der Waals surface area (Å²) >= 11 is 0. The van der Waals surface area contributed by atoms with Gasteiger partial charge in [0.15, 0.2) is 0 Å². The van der Waals surface area contributed by atoms with Gasteiger partial charge in [0.2, 0.25) is 11.8 Å². The third-order valence-corrected chi connectivity index (χ3v) is 4.92. The molecule has 27 heavy (non-hydrogen) atoms. The van der Waals surface area contributed by atoms with Crippen LogP contribution in [-0.2, 0) is 0 Å². The molecular formula is C22H20N4O. The molecule has 0 aliphatic carbocycles. The average molecular weight is 356 g/mol. The van der Waals surface area contributed by atoms with Crippen LogP contribution >= 0.6 is 0 Å². The summed E-state index contributed by atoms with van der Waals surface area (Å²) in [4.78, 5) is 0. The van der Waals surface area contributed by atoms with E-state index in [1.807, 2.05) is 69.3 Å².